The van der Waals surface area contributed by atoms with Crippen LogP contribution < -0.4 is 9.64 Å². The number of ether oxygens (including phenoxy) is 1. The monoisotopic (exact) mass is 384 g/mol. The van der Waals surface area contributed by atoms with Gasteiger partial charge < -0.3 is 9.15 Å². The Morgan fingerprint density at radius 1 is 1.26 bits per heavy atom. The van der Waals surface area contributed by atoms with Crippen molar-refractivity contribution in [1.29, 1.82) is 0 Å². The summed E-state index contributed by atoms with van der Waals surface area (Å²) in [6, 6.07) is 9.67. The summed E-state index contributed by atoms with van der Waals surface area (Å²) in [6.45, 7) is 2.96. The summed E-state index contributed by atoms with van der Waals surface area (Å²) in [7, 11) is 0. The lowest BCUT2D eigenvalue weighted by atomic mass is 9.88. The zero-order chi connectivity index (χ0) is 18.6. The van der Waals surface area contributed by atoms with Crippen molar-refractivity contribution in [1.82, 2.24) is 4.98 Å². The van der Waals surface area contributed by atoms with Gasteiger partial charge in [0.05, 0.1) is 24.1 Å². The molecule has 0 bridgehead atoms. The fourth-order valence-electron chi connectivity index (χ4n) is 3.67. The van der Waals surface area contributed by atoms with Crippen LogP contribution in [-0.2, 0) is 11.3 Å². The molecule has 1 fully saturated rings. The first kappa shape index (κ1) is 18.0. The van der Waals surface area contributed by atoms with Gasteiger partial charge >= 0.3 is 0 Å². The number of hydrogen-bond acceptors (Lipinski definition) is 5. The van der Waals surface area contributed by atoms with E-state index in [-0.39, 0.29) is 11.8 Å². The number of fused-ring (bicyclic) bond motifs is 1. The van der Waals surface area contributed by atoms with Crippen molar-refractivity contribution in [3.8, 4) is 5.75 Å². The second-order valence-electron chi connectivity index (χ2n) is 6.87. The van der Waals surface area contributed by atoms with Gasteiger partial charge in [0.25, 0.3) is 0 Å². The van der Waals surface area contributed by atoms with Crippen molar-refractivity contribution >= 4 is 32.6 Å². The molecular formula is C21H24N2O3S. The van der Waals surface area contributed by atoms with Crippen LogP contribution in [0.5, 0.6) is 5.75 Å². The van der Waals surface area contributed by atoms with Crippen LogP contribution in [-0.4, -0.2) is 17.5 Å². The van der Waals surface area contributed by atoms with Crippen LogP contribution in [0.3, 0.4) is 0 Å². The lowest BCUT2D eigenvalue weighted by Crippen LogP contribution is -2.36. The van der Waals surface area contributed by atoms with Crippen LogP contribution >= 0.6 is 11.3 Å². The number of rotatable bonds is 6. The Labute approximate surface area is 163 Å². The lowest BCUT2D eigenvalue weighted by molar-refractivity contribution is -0.123. The Balaban J connectivity index is 1.70. The molecule has 1 aliphatic rings. The van der Waals surface area contributed by atoms with E-state index in [4.69, 9.17) is 14.1 Å². The molecule has 3 aromatic rings. The van der Waals surface area contributed by atoms with Crippen LogP contribution in [0.15, 0.2) is 41.0 Å². The number of benzene rings is 1. The highest BCUT2D eigenvalue weighted by Crippen LogP contribution is 2.36. The Morgan fingerprint density at radius 2 is 2.11 bits per heavy atom. The van der Waals surface area contributed by atoms with E-state index in [2.05, 4.69) is 0 Å². The third kappa shape index (κ3) is 3.86. The van der Waals surface area contributed by atoms with E-state index in [9.17, 15) is 4.79 Å². The van der Waals surface area contributed by atoms with E-state index in [1.807, 2.05) is 37.3 Å². The highest BCUT2D eigenvalue weighted by Gasteiger charge is 2.29. The molecule has 1 aliphatic carbocycles. The van der Waals surface area contributed by atoms with Gasteiger partial charge in [0.2, 0.25) is 5.91 Å². The van der Waals surface area contributed by atoms with E-state index in [0.717, 1.165) is 47.4 Å². The molecular weight excluding hydrogens is 360 g/mol. The Kier molecular flexibility index (Phi) is 5.43. The fraction of sp³-hybridized carbons (Fsp3) is 0.429. The Bertz CT molecular complexity index is 897. The highest BCUT2D eigenvalue weighted by atomic mass is 32.1. The number of para-hydroxylation sites is 1. The predicted molar refractivity (Wildman–Crippen MR) is 107 cm³/mol. The largest absolute Gasteiger partial charge is 0.492 e. The first-order valence-electron chi connectivity index (χ1n) is 9.62. The average molecular weight is 385 g/mol. The molecule has 0 N–H and O–H groups in total. The molecule has 27 heavy (non-hydrogen) atoms. The van der Waals surface area contributed by atoms with Gasteiger partial charge in [0.15, 0.2) is 5.13 Å². The standard InChI is InChI=1S/C21H24N2O3S/c1-2-25-17-11-6-12-18-19(17)22-21(27-18)23(14-16-10-7-13-26-16)20(24)15-8-4-3-5-9-15/h6-7,10-13,15H,2-5,8-9,14H2,1H3. The van der Waals surface area contributed by atoms with Crippen LogP contribution in [0.25, 0.3) is 10.2 Å². The van der Waals surface area contributed by atoms with Crippen LogP contribution in [0.2, 0.25) is 0 Å². The van der Waals surface area contributed by atoms with Crippen molar-refractivity contribution in [2.45, 2.75) is 45.6 Å². The number of nitrogens with zero attached hydrogens (tertiary/aromatic N) is 2. The number of anilines is 1. The molecule has 1 amide bonds. The van der Waals surface area contributed by atoms with E-state index in [1.54, 1.807) is 11.2 Å². The van der Waals surface area contributed by atoms with Gasteiger partial charge in [-0.05, 0) is 44.0 Å². The molecule has 5 nitrogen and oxygen atoms in total. The molecule has 2 aromatic heterocycles. The fourth-order valence-corrected chi connectivity index (χ4v) is 4.65. The Hall–Kier alpha value is -2.34. The number of carbonyl (C=O) groups excluding carboxylic acids is 1. The van der Waals surface area contributed by atoms with Crippen LogP contribution in [0, 0.1) is 5.92 Å². The lowest BCUT2D eigenvalue weighted by Gasteiger charge is -2.27. The molecule has 142 valence electrons. The molecule has 4 rings (SSSR count). The van der Waals surface area contributed by atoms with Gasteiger partial charge in [-0.3, -0.25) is 9.69 Å². The number of amides is 1. The summed E-state index contributed by atoms with van der Waals surface area (Å²) >= 11 is 1.53. The molecule has 1 saturated carbocycles. The van der Waals surface area contributed by atoms with E-state index in [0.29, 0.717) is 18.3 Å². The first-order valence-corrected chi connectivity index (χ1v) is 10.4. The molecule has 2 heterocycles. The normalized spacial score (nSPS) is 15.1. The summed E-state index contributed by atoms with van der Waals surface area (Å²) in [4.78, 5) is 19.9. The summed E-state index contributed by atoms with van der Waals surface area (Å²) in [6.07, 6.45) is 7.04. The van der Waals surface area contributed by atoms with Crippen LogP contribution in [0.1, 0.15) is 44.8 Å². The summed E-state index contributed by atoms with van der Waals surface area (Å²) in [5.74, 6) is 1.76. The summed E-state index contributed by atoms with van der Waals surface area (Å²) < 4.78 is 12.3. The first-order chi connectivity index (χ1) is 13.3. The minimum absolute atomic E-state index is 0.0760. The van der Waals surface area contributed by atoms with E-state index >= 15 is 0 Å². The molecule has 0 unspecified atom stereocenters. The molecule has 0 aliphatic heterocycles. The summed E-state index contributed by atoms with van der Waals surface area (Å²) in [5.41, 5.74) is 0.820. The van der Waals surface area contributed by atoms with Crippen molar-refractivity contribution < 1.29 is 13.9 Å². The predicted octanol–water partition coefficient (Wildman–Crippen LogP) is 5.40. The molecule has 0 atom stereocenters. The molecule has 0 spiro atoms. The van der Waals surface area contributed by atoms with Gasteiger partial charge in [0, 0.05) is 5.92 Å². The van der Waals surface area contributed by atoms with Gasteiger partial charge in [-0.15, -0.1) is 0 Å². The maximum atomic E-state index is 13.3. The quantitative estimate of drug-likeness (QED) is 0.571. The molecule has 0 saturated heterocycles. The maximum absolute atomic E-state index is 13.3. The van der Waals surface area contributed by atoms with Crippen molar-refractivity contribution in [3.63, 3.8) is 0 Å². The van der Waals surface area contributed by atoms with E-state index < -0.39 is 0 Å². The van der Waals surface area contributed by atoms with Gasteiger partial charge in [0.1, 0.15) is 17.0 Å². The smallest absolute Gasteiger partial charge is 0.232 e. The number of aromatic nitrogens is 1. The minimum Gasteiger partial charge on any atom is -0.492 e. The molecule has 1 aromatic carbocycles. The molecule has 0 radical (unpaired) electrons. The van der Waals surface area contributed by atoms with Crippen molar-refractivity contribution in [2.24, 2.45) is 5.92 Å². The zero-order valence-corrected chi connectivity index (χ0v) is 16.3. The highest BCUT2D eigenvalue weighted by molar-refractivity contribution is 7.22. The SMILES string of the molecule is CCOc1cccc2sc(N(Cc3ccco3)C(=O)C3CCCCC3)nc12. The van der Waals surface area contributed by atoms with Gasteiger partial charge in [-0.25, -0.2) is 4.98 Å². The second-order valence-corrected chi connectivity index (χ2v) is 7.88. The number of carbonyl (C=O) groups is 1. The van der Waals surface area contributed by atoms with Crippen molar-refractivity contribution in [2.75, 3.05) is 11.5 Å². The zero-order valence-electron chi connectivity index (χ0n) is 15.5. The molecule has 6 heteroatoms. The van der Waals surface area contributed by atoms with Gasteiger partial charge in [-0.1, -0.05) is 36.7 Å². The van der Waals surface area contributed by atoms with Crippen molar-refractivity contribution in [3.05, 3.63) is 42.4 Å². The second kappa shape index (κ2) is 8.13. The number of furan rings is 1. The maximum Gasteiger partial charge on any atom is 0.232 e. The Morgan fingerprint density at radius 3 is 2.85 bits per heavy atom. The van der Waals surface area contributed by atoms with E-state index in [1.165, 1.54) is 17.8 Å². The van der Waals surface area contributed by atoms with Gasteiger partial charge in [-0.2, -0.15) is 0 Å². The minimum atomic E-state index is 0.0760. The number of hydrogen-bond donors (Lipinski definition) is 0. The average Bonchev–Trinajstić information content (AvgIpc) is 3.36. The third-order valence-electron chi connectivity index (χ3n) is 5.02. The summed E-state index contributed by atoms with van der Waals surface area (Å²) in [5, 5.41) is 0.712. The topological polar surface area (TPSA) is 55.6 Å². The van der Waals surface area contributed by atoms with Crippen LogP contribution in [0.4, 0.5) is 5.13 Å². The number of thiazole rings is 1. The third-order valence-corrected chi connectivity index (χ3v) is 6.06.